The van der Waals surface area contributed by atoms with Crippen LogP contribution in [0.15, 0.2) is 30.3 Å². The fourth-order valence-electron chi connectivity index (χ4n) is 3.34. The number of carbonyl (C=O) groups excluding carboxylic acids is 1. The molecule has 0 bridgehead atoms. The fraction of sp³-hybridized carbons (Fsp3) is 0.550. The van der Waals surface area contributed by atoms with Crippen LogP contribution in [0, 0.1) is 5.92 Å². The first kappa shape index (κ1) is 17.0. The SMILES string of the molecule is COc1ccc(/C=C/CN2CCCN(C(=O)C3CCC3)CC2)cc1. The van der Waals surface area contributed by atoms with Gasteiger partial charge >= 0.3 is 0 Å². The quantitative estimate of drug-likeness (QED) is 0.833. The summed E-state index contributed by atoms with van der Waals surface area (Å²) in [6, 6.07) is 8.10. The monoisotopic (exact) mass is 328 g/mol. The molecule has 0 atom stereocenters. The van der Waals surface area contributed by atoms with Crippen LogP contribution in [0.1, 0.15) is 31.2 Å². The molecule has 0 unspecified atom stereocenters. The van der Waals surface area contributed by atoms with E-state index in [1.165, 1.54) is 12.0 Å². The van der Waals surface area contributed by atoms with E-state index in [-0.39, 0.29) is 0 Å². The van der Waals surface area contributed by atoms with Gasteiger partial charge in [0.15, 0.2) is 0 Å². The summed E-state index contributed by atoms with van der Waals surface area (Å²) in [5.74, 6) is 1.61. The molecule has 0 radical (unpaired) electrons. The molecule has 1 amide bonds. The highest BCUT2D eigenvalue weighted by atomic mass is 16.5. The number of hydrogen-bond donors (Lipinski definition) is 0. The van der Waals surface area contributed by atoms with Crippen LogP contribution in [0.25, 0.3) is 6.08 Å². The Bertz CT molecular complexity index is 564. The second-order valence-electron chi connectivity index (χ2n) is 6.78. The van der Waals surface area contributed by atoms with Gasteiger partial charge in [0.05, 0.1) is 7.11 Å². The molecule has 2 aliphatic rings. The van der Waals surface area contributed by atoms with Crippen LogP contribution in [0.2, 0.25) is 0 Å². The molecule has 3 rings (SSSR count). The third kappa shape index (κ3) is 4.38. The molecule has 130 valence electrons. The highest BCUT2D eigenvalue weighted by Gasteiger charge is 2.30. The predicted molar refractivity (Wildman–Crippen MR) is 97.0 cm³/mol. The lowest BCUT2D eigenvalue weighted by Crippen LogP contribution is -2.41. The molecule has 1 aliphatic carbocycles. The molecule has 1 saturated carbocycles. The van der Waals surface area contributed by atoms with Crippen molar-refractivity contribution in [3.8, 4) is 5.75 Å². The normalized spacial score (nSPS) is 20.0. The minimum absolute atomic E-state index is 0.325. The Morgan fingerprint density at radius 1 is 1.12 bits per heavy atom. The Hall–Kier alpha value is -1.81. The van der Waals surface area contributed by atoms with Crippen LogP contribution in [0.5, 0.6) is 5.75 Å². The zero-order chi connectivity index (χ0) is 16.8. The van der Waals surface area contributed by atoms with Crippen LogP contribution < -0.4 is 4.74 Å². The number of amides is 1. The first-order valence-electron chi connectivity index (χ1n) is 9.08. The average molecular weight is 328 g/mol. The molecule has 24 heavy (non-hydrogen) atoms. The smallest absolute Gasteiger partial charge is 0.225 e. The van der Waals surface area contributed by atoms with Crippen molar-refractivity contribution in [2.24, 2.45) is 5.92 Å². The molecular formula is C20H28N2O2. The van der Waals surface area contributed by atoms with E-state index >= 15 is 0 Å². The van der Waals surface area contributed by atoms with E-state index in [1.54, 1.807) is 7.11 Å². The van der Waals surface area contributed by atoms with Gasteiger partial charge in [-0.2, -0.15) is 0 Å². The Morgan fingerprint density at radius 2 is 1.92 bits per heavy atom. The number of hydrogen-bond acceptors (Lipinski definition) is 3. The van der Waals surface area contributed by atoms with Crippen LogP contribution in [-0.4, -0.2) is 55.5 Å². The summed E-state index contributed by atoms with van der Waals surface area (Å²) in [7, 11) is 1.68. The summed E-state index contributed by atoms with van der Waals surface area (Å²) in [5.41, 5.74) is 1.19. The first-order valence-corrected chi connectivity index (χ1v) is 9.08. The highest BCUT2D eigenvalue weighted by molar-refractivity contribution is 5.79. The summed E-state index contributed by atoms with van der Waals surface area (Å²) in [6.07, 6.45) is 8.88. The maximum Gasteiger partial charge on any atom is 0.225 e. The zero-order valence-corrected chi connectivity index (χ0v) is 14.6. The third-order valence-electron chi connectivity index (χ3n) is 5.14. The summed E-state index contributed by atoms with van der Waals surface area (Å²) in [5, 5.41) is 0. The van der Waals surface area contributed by atoms with Crippen molar-refractivity contribution in [3.05, 3.63) is 35.9 Å². The van der Waals surface area contributed by atoms with Gasteiger partial charge in [-0.1, -0.05) is 30.7 Å². The zero-order valence-electron chi connectivity index (χ0n) is 14.6. The maximum absolute atomic E-state index is 12.4. The topological polar surface area (TPSA) is 32.8 Å². The summed E-state index contributed by atoms with van der Waals surface area (Å²) >= 11 is 0. The molecule has 0 spiro atoms. The second kappa shape index (κ2) is 8.34. The largest absolute Gasteiger partial charge is 0.497 e. The van der Waals surface area contributed by atoms with Gasteiger partial charge in [0, 0.05) is 38.6 Å². The molecule has 1 aliphatic heterocycles. The van der Waals surface area contributed by atoms with Gasteiger partial charge in [-0.25, -0.2) is 0 Å². The Labute approximate surface area is 145 Å². The van der Waals surface area contributed by atoms with Crippen molar-refractivity contribution in [3.63, 3.8) is 0 Å². The van der Waals surface area contributed by atoms with E-state index in [4.69, 9.17) is 4.74 Å². The number of nitrogens with zero attached hydrogens (tertiary/aromatic N) is 2. The predicted octanol–water partition coefficient (Wildman–Crippen LogP) is 3.04. The van der Waals surface area contributed by atoms with Gasteiger partial charge in [-0.15, -0.1) is 0 Å². The van der Waals surface area contributed by atoms with E-state index in [9.17, 15) is 4.79 Å². The van der Waals surface area contributed by atoms with E-state index in [0.717, 1.165) is 57.7 Å². The van der Waals surface area contributed by atoms with E-state index in [1.807, 2.05) is 12.1 Å². The van der Waals surface area contributed by atoms with E-state index in [0.29, 0.717) is 11.8 Å². The fourth-order valence-corrected chi connectivity index (χ4v) is 3.34. The molecule has 1 aromatic carbocycles. The summed E-state index contributed by atoms with van der Waals surface area (Å²) in [4.78, 5) is 16.9. The number of methoxy groups -OCH3 is 1. The molecule has 1 aromatic rings. The van der Waals surface area contributed by atoms with E-state index in [2.05, 4.69) is 34.1 Å². The summed E-state index contributed by atoms with van der Waals surface area (Å²) < 4.78 is 5.18. The van der Waals surface area contributed by atoms with Crippen molar-refractivity contribution in [1.82, 2.24) is 9.80 Å². The first-order chi connectivity index (χ1) is 11.8. The average Bonchev–Trinajstić information content (AvgIpc) is 2.80. The molecular weight excluding hydrogens is 300 g/mol. The number of benzene rings is 1. The molecule has 0 aromatic heterocycles. The molecule has 1 heterocycles. The van der Waals surface area contributed by atoms with Gasteiger partial charge < -0.3 is 9.64 Å². The Balaban J connectivity index is 1.45. The van der Waals surface area contributed by atoms with Gasteiger partial charge in [-0.05, 0) is 37.0 Å². The Morgan fingerprint density at radius 3 is 2.58 bits per heavy atom. The highest BCUT2D eigenvalue weighted by Crippen LogP contribution is 2.28. The van der Waals surface area contributed by atoms with Crippen molar-refractivity contribution in [2.45, 2.75) is 25.7 Å². The standard InChI is InChI=1S/C20H28N2O2/c1-24-19-10-8-17(9-11-19)5-3-12-21-13-4-14-22(16-15-21)20(23)18-6-2-7-18/h3,5,8-11,18H,2,4,6-7,12-16H2,1H3/b5-3+. The summed E-state index contributed by atoms with van der Waals surface area (Å²) in [6.45, 7) is 4.80. The minimum atomic E-state index is 0.325. The number of ether oxygens (including phenoxy) is 1. The lowest BCUT2D eigenvalue weighted by molar-refractivity contribution is -0.138. The van der Waals surface area contributed by atoms with Crippen molar-refractivity contribution in [2.75, 3.05) is 39.8 Å². The lowest BCUT2D eigenvalue weighted by Gasteiger charge is -2.31. The van der Waals surface area contributed by atoms with Crippen LogP contribution in [0.4, 0.5) is 0 Å². The molecule has 2 fully saturated rings. The second-order valence-corrected chi connectivity index (χ2v) is 6.78. The molecule has 0 N–H and O–H groups in total. The van der Waals surface area contributed by atoms with Gasteiger partial charge in [0.25, 0.3) is 0 Å². The van der Waals surface area contributed by atoms with Crippen LogP contribution in [-0.2, 0) is 4.79 Å². The van der Waals surface area contributed by atoms with Crippen molar-refractivity contribution in [1.29, 1.82) is 0 Å². The maximum atomic E-state index is 12.4. The molecule has 4 nitrogen and oxygen atoms in total. The molecule has 4 heteroatoms. The Kier molecular flexibility index (Phi) is 5.91. The van der Waals surface area contributed by atoms with Gasteiger partial charge in [0.2, 0.25) is 5.91 Å². The van der Waals surface area contributed by atoms with Crippen molar-refractivity contribution >= 4 is 12.0 Å². The van der Waals surface area contributed by atoms with Gasteiger partial charge in [-0.3, -0.25) is 9.69 Å². The van der Waals surface area contributed by atoms with Crippen LogP contribution in [0.3, 0.4) is 0 Å². The van der Waals surface area contributed by atoms with E-state index < -0.39 is 0 Å². The molecule has 1 saturated heterocycles. The lowest BCUT2D eigenvalue weighted by atomic mass is 9.84. The number of rotatable bonds is 5. The minimum Gasteiger partial charge on any atom is -0.497 e. The van der Waals surface area contributed by atoms with Gasteiger partial charge in [0.1, 0.15) is 5.75 Å². The van der Waals surface area contributed by atoms with Crippen LogP contribution >= 0.6 is 0 Å². The number of carbonyl (C=O) groups is 1. The van der Waals surface area contributed by atoms with Crippen molar-refractivity contribution < 1.29 is 9.53 Å². The third-order valence-corrected chi connectivity index (χ3v) is 5.14.